The van der Waals surface area contributed by atoms with E-state index in [1.807, 2.05) is 19.1 Å². The average molecular weight is 437 g/mol. The van der Waals surface area contributed by atoms with Gasteiger partial charge in [-0.2, -0.15) is 17.9 Å². The van der Waals surface area contributed by atoms with Crippen LogP contribution in [0.2, 0.25) is 0 Å². The monoisotopic (exact) mass is 437 g/mol. The van der Waals surface area contributed by atoms with Crippen molar-refractivity contribution in [3.63, 3.8) is 0 Å². The predicted octanol–water partition coefficient (Wildman–Crippen LogP) is 4.18. The van der Waals surface area contributed by atoms with Gasteiger partial charge >= 0.3 is 6.18 Å². The van der Waals surface area contributed by atoms with E-state index < -0.39 is 17.6 Å². The predicted molar refractivity (Wildman–Crippen MR) is 106 cm³/mol. The molecule has 1 fully saturated rings. The Morgan fingerprint density at radius 1 is 1.26 bits per heavy atom. The fourth-order valence-electron chi connectivity index (χ4n) is 4.67. The minimum absolute atomic E-state index is 0.0644. The van der Waals surface area contributed by atoms with Gasteiger partial charge in [-0.15, -0.1) is 5.10 Å². The molecule has 31 heavy (non-hydrogen) atoms. The molecule has 1 unspecified atom stereocenters. The molecule has 10 heteroatoms. The van der Waals surface area contributed by atoms with Gasteiger partial charge < -0.3 is 9.64 Å². The molecule has 1 saturated heterocycles. The van der Waals surface area contributed by atoms with Crippen LogP contribution in [-0.4, -0.2) is 46.0 Å². The van der Waals surface area contributed by atoms with Gasteiger partial charge in [0.25, 0.3) is 5.82 Å². The van der Waals surface area contributed by atoms with Crippen LogP contribution in [0.3, 0.4) is 0 Å². The van der Waals surface area contributed by atoms with Crippen LogP contribution in [0.1, 0.15) is 25.6 Å². The molecule has 0 spiro atoms. The number of rotatable bonds is 4. The summed E-state index contributed by atoms with van der Waals surface area (Å²) in [6.45, 7) is 3.36. The van der Waals surface area contributed by atoms with E-state index in [1.54, 1.807) is 25.3 Å². The van der Waals surface area contributed by atoms with Crippen molar-refractivity contribution in [1.29, 1.82) is 0 Å². The number of alkyl halides is 3. The highest BCUT2D eigenvalue weighted by Crippen LogP contribution is 2.42. The maximum atomic E-state index is 13.7. The first-order valence-corrected chi connectivity index (χ1v) is 10.1. The normalized spacial score (nSPS) is 26.8. The van der Waals surface area contributed by atoms with Crippen LogP contribution in [0, 0.1) is 17.7 Å². The summed E-state index contributed by atoms with van der Waals surface area (Å²) in [5.41, 5.74) is 0.348. The lowest BCUT2D eigenvalue weighted by atomic mass is 9.71. The Morgan fingerprint density at radius 3 is 2.74 bits per heavy atom. The number of hydrogen-bond donors (Lipinski definition) is 0. The number of anilines is 1. The van der Waals surface area contributed by atoms with Crippen LogP contribution >= 0.6 is 0 Å². The van der Waals surface area contributed by atoms with E-state index in [9.17, 15) is 17.6 Å². The number of hydrogen-bond acceptors (Lipinski definition) is 5. The molecule has 1 aliphatic carbocycles. The number of allylic oxidation sites excluding steroid dienone is 2. The highest BCUT2D eigenvalue weighted by atomic mass is 19.4. The van der Waals surface area contributed by atoms with Crippen molar-refractivity contribution in [2.75, 3.05) is 25.1 Å². The van der Waals surface area contributed by atoms with Crippen LogP contribution in [0.4, 0.5) is 23.2 Å². The van der Waals surface area contributed by atoms with Crippen LogP contribution in [0.25, 0.3) is 5.70 Å². The topological polar surface area (TPSA) is 56.1 Å². The van der Waals surface area contributed by atoms with Gasteiger partial charge in [-0.05, 0) is 53.6 Å². The van der Waals surface area contributed by atoms with Crippen LogP contribution in [-0.2, 0) is 10.9 Å². The van der Waals surface area contributed by atoms with Gasteiger partial charge in [0.2, 0.25) is 0 Å². The summed E-state index contributed by atoms with van der Waals surface area (Å²) >= 11 is 0. The molecular formula is C21H23F4N5O. The summed E-state index contributed by atoms with van der Waals surface area (Å²) in [6.07, 6.45) is 2.22. The maximum absolute atomic E-state index is 13.7. The van der Waals surface area contributed by atoms with Crippen LogP contribution in [0.5, 0.6) is 0 Å². The van der Waals surface area contributed by atoms with Gasteiger partial charge in [-0.1, -0.05) is 19.1 Å². The van der Waals surface area contributed by atoms with E-state index in [0.717, 1.165) is 25.1 Å². The lowest BCUT2D eigenvalue weighted by molar-refractivity contribution is -0.146. The van der Waals surface area contributed by atoms with E-state index in [4.69, 9.17) is 4.74 Å². The zero-order chi connectivity index (χ0) is 22.2. The van der Waals surface area contributed by atoms with Crippen LogP contribution in [0.15, 0.2) is 42.5 Å². The Bertz CT molecular complexity index is 1000. The summed E-state index contributed by atoms with van der Waals surface area (Å²) in [4.78, 5) is 2.13. The van der Waals surface area contributed by atoms with Crippen molar-refractivity contribution in [2.45, 2.75) is 31.5 Å². The number of halogens is 4. The second-order valence-electron chi connectivity index (χ2n) is 7.95. The second kappa shape index (κ2) is 8.07. The second-order valence-corrected chi connectivity index (χ2v) is 7.95. The van der Waals surface area contributed by atoms with Crippen molar-refractivity contribution in [2.24, 2.45) is 11.8 Å². The van der Waals surface area contributed by atoms with Crippen molar-refractivity contribution < 1.29 is 22.3 Å². The fourth-order valence-corrected chi connectivity index (χ4v) is 4.67. The molecule has 166 valence electrons. The van der Waals surface area contributed by atoms with Gasteiger partial charge in [-0.25, -0.2) is 4.39 Å². The van der Waals surface area contributed by atoms with E-state index in [2.05, 4.69) is 20.4 Å². The lowest BCUT2D eigenvalue weighted by Gasteiger charge is -2.47. The van der Waals surface area contributed by atoms with E-state index in [1.165, 1.54) is 12.1 Å². The number of tetrazole rings is 1. The van der Waals surface area contributed by atoms with Gasteiger partial charge in [0, 0.05) is 37.7 Å². The molecule has 0 radical (unpaired) electrons. The maximum Gasteiger partial charge on any atom is 0.453 e. The van der Waals surface area contributed by atoms with Crippen molar-refractivity contribution in [3.05, 3.63) is 54.1 Å². The quantitative estimate of drug-likeness (QED) is 0.672. The zero-order valence-corrected chi connectivity index (χ0v) is 17.2. The van der Waals surface area contributed by atoms with E-state index in [-0.39, 0.29) is 23.4 Å². The minimum atomic E-state index is -4.66. The number of aromatic nitrogens is 4. The molecule has 2 aromatic rings. The molecule has 1 aromatic heterocycles. The molecule has 3 atom stereocenters. The summed E-state index contributed by atoms with van der Waals surface area (Å²) in [5, 5.41) is 9.82. The minimum Gasteiger partial charge on any atom is -0.373 e. The lowest BCUT2D eigenvalue weighted by Crippen LogP contribution is -2.52. The first kappa shape index (κ1) is 21.5. The van der Waals surface area contributed by atoms with Gasteiger partial charge in [-0.3, -0.25) is 0 Å². The molecular weight excluding hydrogens is 414 g/mol. The molecule has 0 bridgehead atoms. The number of piperidine rings is 1. The Balaban J connectivity index is 1.60. The first-order chi connectivity index (χ1) is 14.7. The molecule has 2 aliphatic rings. The molecule has 2 heterocycles. The third kappa shape index (κ3) is 3.96. The molecule has 1 aromatic carbocycles. The number of methoxy groups -OCH3 is 1. The van der Waals surface area contributed by atoms with E-state index >= 15 is 0 Å². The van der Waals surface area contributed by atoms with Gasteiger partial charge in [0.1, 0.15) is 5.82 Å². The number of nitrogens with zero attached hydrogens (tertiary/aromatic N) is 5. The largest absolute Gasteiger partial charge is 0.453 e. The van der Waals surface area contributed by atoms with E-state index in [0.29, 0.717) is 11.2 Å². The molecule has 0 saturated carbocycles. The van der Waals surface area contributed by atoms with Crippen molar-refractivity contribution in [1.82, 2.24) is 20.2 Å². The Hall–Kier alpha value is -2.75. The standard InChI is InChI=1S/C21H23F4N5O/c1-14-11-18(30-19(21(23,24)25)26-27-28-30)8-9-20(14,31-2)15-5-4-10-29(13-15)17-7-3-6-16(22)12-17/h3,6-9,11-12,14-15H,4-5,10,13H2,1-2H3/t14-,15?,20+/m1/s1. The molecule has 0 N–H and O–H groups in total. The Kier molecular flexibility index (Phi) is 5.59. The van der Waals surface area contributed by atoms with Gasteiger partial charge in [0.05, 0.1) is 11.3 Å². The van der Waals surface area contributed by atoms with Crippen molar-refractivity contribution >= 4 is 11.4 Å². The molecule has 6 nitrogen and oxygen atoms in total. The SMILES string of the molecule is CO[C@@]1(C2CCCN(c3cccc(F)c3)C2)C=CC(n2nnnc2C(F)(F)F)=C[C@H]1C. The molecule has 4 rings (SSSR count). The van der Waals surface area contributed by atoms with Crippen LogP contribution < -0.4 is 4.90 Å². The fraction of sp³-hybridized carbons (Fsp3) is 0.476. The Labute approximate surface area is 177 Å². The highest BCUT2D eigenvalue weighted by molar-refractivity contribution is 5.60. The molecule has 0 amide bonds. The summed E-state index contributed by atoms with van der Waals surface area (Å²) in [6, 6.07) is 6.48. The average Bonchev–Trinajstić information content (AvgIpc) is 3.25. The smallest absolute Gasteiger partial charge is 0.373 e. The van der Waals surface area contributed by atoms with Crippen molar-refractivity contribution in [3.8, 4) is 0 Å². The zero-order valence-electron chi connectivity index (χ0n) is 17.2. The number of benzene rings is 1. The molecule has 1 aliphatic heterocycles. The highest BCUT2D eigenvalue weighted by Gasteiger charge is 2.45. The Morgan fingerprint density at radius 2 is 2.06 bits per heavy atom. The third-order valence-electron chi connectivity index (χ3n) is 6.20. The summed E-state index contributed by atoms with van der Waals surface area (Å²) in [7, 11) is 1.61. The number of ether oxygens (including phenoxy) is 1. The first-order valence-electron chi connectivity index (χ1n) is 10.1. The third-order valence-corrected chi connectivity index (χ3v) is 6.20. The summed E-state index contributed by atoms with van der Waals surface area (Å²) in [5.74, 6) is -1.63. The van der Waals surface area contributed by atoms with Gasteiger partial charge in [0.15, 0.2) is 0 Å². The summed E-state index contributed by atoms with van der Waals surface area (Å²) < 4.78 is 60.0.